The molecule has 2 rings (SSSR count). The quantitative estimate of drug-likeness (QED) is 0.733. The van der Waals surface area contributed by atoms with Gasteiger partial charge in [-0.1, -0.05) is 18.2 Å². The van der Waals surface area contributed by atoms with Crippen LogP contribution >= 0.6 is 0 Å². The zero-order valence-electron chi connectivity index (χ0n) is 11.7. The topological polar surface area (TPSA) is 39.7 Å². The molecule has 1 aromatic rings. The molecule has 1 unspecified atom stereocenters. The van der Waals surface area contributed by atoms with Crippen molar-refractivity contribution < 1.29 is 14.2 Å². The summed E-state index contributed by atoms with van der Waals surface area (Å²) in [5, 5.41) is 3.50. The summed E-state index contributed by atoms with van der Waals surface area (Å²) in [5.41, 5.74) is 1.24. The predicted octanol–water partition coefficient (Wildman–Crippen LogP) is 2.50. The molecule has 1 aliphatic rings. The minimum Gasteiger partial charge on any atom is -0.491 e. The van der Waals surface area contributed by atoms with E-state index in [0.29, 0.717) is 19.8 Å². The minimum absolute atomic E-state index is 0.111. The lowest BCUT2D eigenvalue weighted by Crippen LogP contribution is -2.28. The third kappa shape index (κ3) is 3.93. The molecule has 106 valence electrons. The van der Waals surface area contributed by atoms with Crippen molar-refractivity contribution in [2.24, 2.45) is 0 Å². The molecule has 0 bridgehead atoms. The van der Waals surface area contributed by atoms with E-state index in [1.807, 2.05) is 32.0 Å². The molecule has 0 saturated heterocycles. The number of hydrogen-bond acceptors (Lipinski definition) is 4. The number of fused-ring (bicyclic) bond motifs is 1. The van der Waals surface area contributed by atoms with Crippen LogP contribution in [0.4, 0.5) is 0 Å². The van der Waals surface area contributed by atoms with E-state index >= 15 is 0 Å². The summed E-state index contributed by atoms with van der Waals surface area (Å²) in [6.07, 6.45) is 0.737. The maximum atomic E-state index is 5.64. The lowest BCUT2D eigenvalue weighted by atomic mass is 10.1. The molecule has 0 amide bonds. The molecule has 4 nitrogen and oxygen atoms in total. The van der Waals surface area contributed by atoms with Crippen LogP contribution in [0.5, 0.6) is 5.75 Å². The van der Waals surface area contributed by atoms with Gasteiger partial charge in [0.2, 0.25) is 0 Å². The van der Waals surface area contributed by atoms with Crippen molar-refractivity contribution in [2.75, 3.05) is 26.4 Å². The Morgan fingerprint density at radius 3 is 2.74 bits per heavy atom. The van der Waals surface area contributed by atoms with Crippen LogP contribution in [0.3, 0.4) is 0 Å². The van der Waals surface area contributed by atoms with E-state index in [2.05, 4.69) is 11.4 Å². The fourth-order valence-electron chi connectivity index (χ4n) is 2.29. The van der Waals surface area contributed by atoms with Gasteiger partial charge in [-0.05, 0) is 19.9 Å². The summed E-state index contributed by atoms with van der Waals surface area (Å²) in [4.78, 5) is 0. The number of rotatable bonds is 8. The molecule has 1 aromatic carbocycles. The zero-order valence-corrected chi connectivity index (χ0v) is 11.7. The van der Waals surface area contributed by atoms with Crippen molar-refractivity contribution in [3.63, 3.8) is 0 Å². The maximum absolute atomic E-state index is 5.64. The van der Waals surface area contributed by atoms with Crippen molar-refractivity contribution in [1.29, 1.82) is 0 Å². The minimum atomic E-state index is -0.111. The van der Waals surface area contributed by atoms with Crippen LogP contribution in [-0.2, 0) is 9.47 Å². The molecule has 1 heterocycles. The second kappa shape index (κ2) is 7.48. The van der Waals surface area contributed by atoms with Gasteiger partial charge in [-0.25, -0.2) is 0 Å². The van der Waals surface area contributed by atoms with Gasteiger partial charge in [0.25, 0.3) is 0 Å². The molecule has 0 spiro atoms. The Kier molecular flexibility index (Phi) is 5.63. The molecule has 0 saturated carbocycles. The van der Waals surface area contributed by atoms with Gasteiger partial charge in [0.15, 0.2) is 6.29 Å². The highest BCUT2D eigenvalue weighted by Crippen LogP contribution is 2.31. The Hall–Kier alpha value is -1.10. The summed E-state index contributed by atoms with van der Waals surface area (Å²) in [6, 6.07) is 8.45. The van der Waals surface area contributed by atoms with E-state index in [0.717, 1.165) is 18.7 Å². The van der Waals surface area contributed by atoms with E-state index in [4.69, 9.17) is 14.2 Å². The van der Waals surface area contributed by atoms with E-state index in [1.165, 1.54) is 5.56 Å². The van der Waals surface area contributed by atoms with Crippen LogP contribution < -0.4 is 10.1 Å². The third-order valence-corrected chi connectivity index (χ3v) is 3.18. The van der Waals surface area contributed by atoms with Gasteiger partial charge in [0.1, 0.15) is 12.4 Å². The van der Waals surface area contributed by atoms with E-state index in [1.54, 1.807) is 0 Å². The number of nitrogens with one attached hydrogen (secondary N) is 1. The lowest BCUT2D eigenvalue weighted by molar-refractivity contribution is -0.138. The highest BCUT2D eigenvalue weighted by Gasteiger charge is 2.23. The number of para-hydroxylation sites is 1. The molecule has 0 aliphatic carbocycles. The molecule has 0 fully saturated rings. The number of benzene rings is 1. The summed E-state index contributed by atoms with van der Waals surface area (Å²) in [7, 11) is 0. The lowest BCUT2D eigenvalue weighted by Gasteiger charge is -2.18. The van der Waals surface area contributed by atoms with Crippen LogP contribution in [0.15, 0.2) is 24.3 Å². The fraction of sp³-hybridized carbons (Fsp3) is 0.600. The first kappa shape index (κ1) is 14.3. The molecule has 1 N–H and O–H groups in total. The van der Waals surface area contributed by atoms with Gasteiger partial charge >= 0.3 is 0 Å². The molecular weight excluding hydrogens is 242 g/mol. The highest BCUT2D eigenvalue weighted by molar-refractivity contribution is 5.39. The van der Waals surface area contributed by atoms with E-state index in [9.17, 15) is 0 Å². The van der Waals surface area contributed by atoms with Gasteiger partial charge < -0.3 is 19.5 Å². The van der Waals surface area contributed by atoms with Gasteiger partial charge in [-0.2, -0.15) is 0 Å². The summed E-state index contributed by atoms with van der Waals surface area (Å²) >= 11 is 0. The largest absolute Gasteiger partial charge is 0.491 e. The molecule has 4 heteroatoms. The predicted molar refractivity (Wildman–Crippen MR) is 74.3 cm³/mol. The number of ether oxygens (including phenoxy) is 3. The first-order chi connectivity index (χ1) is 9.35. The van der Waals surface area contributed by atoms with E-state index < -0.39 is 0 Å². The second-order valence-electron chi connectivity index (χ2n) is 4.48. The van der Waals surface area contributed by atoms with Crippen molar-refractivity contribution in [3.8, 4) is 5.75 Å². The van der Waals surface area contributed by atoms with Crippen molar-refractivity contribution in [1.82, 2.24) is 5.32 Å². The van der Waals surface area contributed by atoms with Crippen molar-refractivity contribution >= 4 is 0 Å². The Morgan fingerprint density at radius 2 is 2.00 bits per heavy atom. The third-order valence-electron chi connectivity index (χ3n) is 3.18. The van der Waals surface area contributed by atoms with Gasteiger partial charge in [0.05, 0.1) is 6.04 Å². The Balaban J connectivity index is 1.77. The van der Waals surface area contributed by atoms with Crippen LogP contribution in [0, 0.1) is 0 Å². The van der Waals surface area contributed by atoms with Crippen LogP contribution in [0.1, 0.15) is 31.9 Å². The average Bonchev–Trinajstić information content (AvgIpc) is 2.83. The van der Waals surface area contributed by atoms with Gasteiger partial charge in [-0.15, -0.1) is 0 Å². The normalized spacial score (nSPS) is 17.5. The smallest absolute Gasteiger partial charge is 0.158 e. The van der Waals surface area contributed by atoms with Crippen LogP contribution in [0.2, 0.25) is 0 Å². The zero-order chi connectivity index (χ0) is 13.5. The SMILES string of the molecule is CCOC(CCNC1COc2ccccc21)OCC. The van der Waals surface area contributed by atoms with Crippen molar-refractivity contribution in [2.45, 2.75) is 32.6 Å². The first-order valence-electron chi connectivity index (χ1n) is 7.03. The van der Waals surface area contributed by atoms with Crippen molar-refractivity contribution in [3.05, 3.63) is 29.8 Å². The molecule has 19 heavy (non-hydrogen) atoms. The van der Waals surface area contributed by atoms with Crippen LogP contribution in [-0.4, -0.2) is 32.7 Å². The van der Waals surface area contributed by atoms with E-state index in [-0.39, 0.29) is 12.3 Å². The Bertz CT molecular complexity index is 377. The fourth-order valence-corrected chi connectivity index (χ4v) is 2.29. The maximum Gasteiger partial charge on any atom is 0.158 e. The monoisotopic (exact) mass is 265 g/mol. The Labute approximate surface area is 115 Å². The molecule has 1 atom stereocenters. The number of hydrogen-bond donors (Lipinski definition) is 1. The highest BCUT2D eigenvalue weighted by atomic mass is 16.7. The second-order valence-corrected chi connectivity index (χ2v) is 4.48. The molecular formula is C15H23NO3. The standard InChI is InChI=1S/C15H23NO3/c1-3-17-15(18-4-2)9-10-16-13-11-19-14-8-6-5-7-12(13)14/h5-8,13,15-16H,3-4,9-11H2,1-2H3. The molecule has 0 radical (unpaired) electrons. The van der Waals surface area contributed by atoms with Crippen LogP contribution in [0.25, 0.3) is 0 Å². The van der Waals surface area contributed by atoms with Gasteiger partial charge in [-0.3, -0.25) is 0 Å². The van der Waals surface area contributed by atoms with Gasteiger partial charge in [0, 0.05) is 31.7 Å². The molecule has 0 aromatic heterocycles. The summed E-state index contributed by atoms with van der Waals surface area (Å²) in [5.74, 6) is 0.992. The average molecular weight is 265 g/mol. The first-order valence-corrected chi connectivity index (χ1v) is 7.03. The molecule has 1 aliphatic heterocycles. The summed E-state index contributed by atoms with van der Waals surface area (Å²) < 4.78 is 16.7. The summed E-state index contributed by atoms with van der Waals surface area (Å²) in [6.45, 7) is 6.89. The Morgan fingerprint density at radius 1 is 1.26 bits per heavy atom.